The van der Waals surface area contributed by atoms with Gasteiger partial charge in [-0.05, 0) is 46.4 Å². The van der Waals surface area contributed by atoms with Crippen molar-refractivity contribution >= 4 is 21.7 Å². The van der Waals surface area contributed by atoms with E-state index in [-0.39, 0.29) is 0 Å². The van der Waals surface area contributed by atoms with Gasteiger partial charge in [-0.1, -0.05) is 45.0 Å². The van der Waals surface area contributed by atoms with Crippen LogP contribution in [0.1, 0.15) is 37.8 Å². The van der Waals surface area contributed by atoms with Crippen LogP contribution in [0.15, 0.2) is 42.6 Å². The summed E-state index contributed by atoms with van der Waals surface area (Å²) in [7, 11) is 0. The molecule has 0 saturated heterocycles. The van der Waals surface area contributed by atoms with Crippen molar-refractivity contribution in [3.05, 3.63) is 53.7 Å². The number of nitrogens with zero attached hydrogens (tertiary/aromatic N) is 1. The molecule has 3 aromatic rings. The summed E-state index contributed by atoms with van der Waals surface area (Å²) in [5.74, 6) is 0.515. The zero-order valence-electron chi connectivity index (χ0n) is 11.8. The molecule has 3 rings (SSSR count). The Morgan fingerprint density at radius 3 is 2.47 bits per heavy atom. The number of benzene rings is 2. The standard InChI is InChI=1S/C18H19N/c1-4-13-11-17-18(14(12(2)3)9-10-19-17)16-8-6-5-7-15(13)16/h5-12H,4H2,1-3H3. The quantitative estimate of drug-likeness (QED) is 0.577. The third-order valence-corrected chi connectivity index (χ3v) is 3.87. The van der Waals surface area contributed by atoms with Gasteiger partial charge in [0.25, 0.3) is 0 Å². The van der Waals surface area contributed by atoms with E-state index in [4.69, 9.17) is 0 Å². The van der Waals surface area contributed by atoms with Crippen LogP contribution in [-0.2, 0) is 6.42 Å². The fourth-order valence-corrected chi connectivity index (χ4v) is 2.89. The van der Waals surface area contributed by atoms with Crippen LogP contribution in [0.4, 0.5) is 0 Å². The molecule has 1 nitrogen and oxygen atoms in total. The molecule has 0 saturated carbocycles. The Morgan fingerprint density at radius 2 is 1.79 bits per heavy atom. The highest BCUT2D eigenvalue weighted by Gasteiger charge is 2.11. The molecule has 0 unspecified atom stereocenters. The lowest BCUT2D eigenvalue weighted by molar-refractivity contribution is 0.875. The van der Waals surface area contributed by atoms with E-state index in [0.717, 1.165) is 11.9 Å². The highest BCUT2D eigenvalue weighted by Crippen LogP contribution is 2.33. The molecule has 0 amide bonds. The monoisotopic (exact) mass is 249 g/mol. The smallest absolute Gasteiger partial charge is 0.0714 e. The van der Waals surface area contributed by atoms with Crippen LogP contribution >= 0.6 is 0 Å². The average molecular weight is 249 g/mol. The van der Waals surface area contributed by atoms with Gasteiger partial charge in [-0.15, -0.1) is 0 Å². The topological polar surface area (TPSA) is 12.9 Å². The lowest BCUT2D eigenvalue weighted by atomic mass is 9.92. The molecule has 0 atom stereocenters. The van der Waals surface area contributed by atoms with E-state index >= 15 is 0 Å². The number of hydrogen-bond acceptors (Lipinski definition) is 1. The van der Waals surface area contributed by atoms with Crippen LogP contribution in [0, 0.1) is 0 Å². The van der Waals surface area contributed by atoms with Gasteiger partial charge in [0.1, 0.15) is 0 Å². The summed E-state index contributed by atoms with van der Waals surface area (Å²) in [6.45, 7) is 6.70. The molecule has 0 N–H and O–H groups in total. The van der Waals surface area contributed by atoms with Crippen LogP contribution < -0.4 is 0 Å². The minimum absolute atomic E-state index is 0.515. The first-order chi connectivity index (χ1) is 9.22. The minimum atomic E-state index is 0.515. The normalized spacial score (nSPS) is 11.6. The summed E-state index contributed by atoms with van der Waals surface area (Å²) >= 11 is 0. The maximum atomic E-state index is 4.58. The zero-order valence-corrected chi connectivity index (χ0v) is 11.8. The van der Waals surface area contributed by atoms with Crippen molar-refractivity contribution < 1.29 is 0 Å². The highest BCUT2D eigenvalue weighted by atomic mass is 14.6. The van der Waals surface area contributed by atoms with Crippen LogP contribution in [0.25, 0.3) is 21.7 Å². The van der Waals surface area contributed by atoms with Gasteiger partial charge in [0.15, 0.2) is 0 Å². The van der Waals surface area contributed by atoms with Crippen molar-refractivity contribution in [2.24, 2.45) is 0 Å². The summed E-state index contributed by atoms with van der Waals surface area (Å²) in [5, 5.41) is 4.03. The van der Waals surface area contributed by atoms with Gasteiger partial charge in [-0.3, -0.25) is 4.98 Å². The van der Waals surface area contributed by atoms with Crippen molar-refractivity contribution in [2.75, 3.05) is 0 Å². The molecule has 1 aromatic heterocycles. The molecule has 96 valence electrons. The molecular formula is C18H19N. The Labute approximate surface area is 114 Å². The third kappa shape index (κ3) is 1.90. The van der Waals surface area contributed by atoms with E-state index in [2.05, 4.69) is 62.2 Å². The molecule has 1 heteroatoms. The summed E-state index contributed by atoms with van der Waals surface area (Å²) in [5.41, 5.74) is 3.90. The van der Waals surface area contributed by atoms with E-state index in [1.807, 2.05) is 6.20 Å². The largest absolute Gasteiger partial charge is 0.256 e. The molecule has 0 aliphatic rings. The Kier molecular flexibility index (Phi) is 2.98. The number of aryl methyl sites for hydroxylation is 1. The number of pyridine rings is 1. The third-order valence-electron chi connectivity index (χ3n) is 3.87. The van der Waals surface area contributed by atoms with Crippen LogP contribution in [0.2, 0.25) is 0 Å². The Hall–Kier alpha value is -1.89. The Balaban J connectivity index is 2.55. The van der Waals surface area contributed by atoms with Gasteiger partial charge in [-0.25, -0.2) is 0 Å². The van der Waals surface area contributed by atoms with Crippen molar-refractivity contribution in [1.82, 2.24) is 4.98 Å². The van der Waals surface area contributed by atoms with Crippen molar-refractivity contribution in [3.63, 3.8) is 0 Å². The Morgan fingerprint density at radius 1 is 1.05 bits per heavy atom. The number of rotatable bonds is 2. The SMILES string of the molecule is CCc1cc2nccc(C(C)C)c2c2ccccc12. The Bertz CT molecular complexity index is 741. The zero-order chi connectivity index (χ0) is 13.4. The van der Waals surface area contributed by atoms with Gasteiger partial charge >= 0.3 is 0 Å². The fourth-order valence-electron chi connectivity index (χ4n) is 2.89. The molecule has 1 heterocycles. The maximum Gasteiger partial charge on any atom is 0.0714 e. The predicted octanol–water partition coefficient (Wildman–Crippen LogP) is 5.07. The first-order valence-corrected chi connectivity index (χ1v) is 7.01. The molecule has 0 radical (unpaired) electrons. The second kappa shape index (κ2) is 4.65. The maximum absolute atomic E-state index is 4.58. The molecule has 19 heavy (non-hydrogen) atoms. The molecule has 0 aliphatic heterocycles. The van der Waals surface area contributed by atoms with Gasteiger partial charge in [0.05, 0.1) is 5.52 Å². The van der Waals surface area contributed by atoms with Gasteiger partial charge in [0, 0.05) is 11.6 Å². The predicted molar refractivity (Wildman–Crippen MR) is 82.7 cm³/mol. The van der Waals surface area contributed by atoms with Crippen LogP contribution in [0.5, 0.6) is 0 Å². The molecule has 0 fully saturated rings. The highest BCUT2D eigenvalue weighted by molar-refractivity contribution is 6.09. The van der Waals surface area contributed by atoms with Gasteiger partial charge in [-0.2, -0.15) is 0 Å². The van der Waals surface area contributed by atoms with Crippen LogP contribution in [-0.4, -0.2) is 4.98 Å². The first kappa shape index (κ1) is 12.2. The van der Waals surface area contributed by atoms with E-state index in [1.54, 1.807) is 0 Å². The fraction of sp³-hybridized carbons (Fsp3) is 0.278. The summed E-state index contributed by atoms with van der Waals surface area (Å²) in [6.07, 6.45) is 2.98. The lowest BCUT2D eigenvalue weighted by Crippen LogP contribution is -1.94. The van der Waals surface area contributed by atoms with Crippen molar-refractivity contribution in [3.8, 4) is 0 Å². The van der Waals surface area contributed by atoms with Gasteiger partial charge in [0.2, 0.25) is 0 Å². The molecular weight excluding hydrogens is 230 g/mol. The number of fused-ring (bicyclic) bond motifs is 3. The second-order valence-corrected chi connectivity index (χ2v) is 5.38. The molecule has 2 aromatic carbocycles. The minimum Gasteiger partial charge on any atom is -0.256 e. The summed E-state index contributed by atoms with van der Waals surface area (Å²) in [6, 6.07) is 13.1. The molecule has 0 bridgehead atoms. The van der Waals surface area contributed by atoms with E-state index in [0.29, 0.717) is 5.92 Å². The van der Waals surface area contributed by atoms with Gasteiger partial charge < -0.3 is 0 Å². The molecule has 0 spiro atoms. The summed E-state index contributed by atoms with van der Waals surface area (Å²) < 4.78 is 0. The molecule has 0 aliphatic carbocycles. The summed E-state index contributed by atoms with van der Waals surface area (Å²) in [4.78, 5) is 4.58. The lowest BCUT2D eigenvalue weighted by Gasteiger charge is -2.14. The van der Waals surface area contributed by atoms with Crippen LogP contribution in [0.3, 0.4) is 0 Å². The van der Waals surface area contributed by atoms with Crippen molar-refractivity contribution in [1.29, 1.82) is 0 Å². The second-order valence-electron chi connectivity index (χ2n) is 5.38. The van der Waals surface area contributed by atoms with Crippen molar-refractivity contribution in [2.45, 2.75) is 33.1 Å². The number of aromatic nitrogens is 1. The number of hydrogen-bond donors (Lipinski definition) is 0. The van der Waals surface area contributed by atoms with E-state index in [1.165, 1.54) is 27.3 Å². The first-order valence-electron chi connectivity index (χ1n) is 7.01. The van der Waals surface area contributed by atoms with E-state index in [9.17, 15) is 0 Å². The van der Waals surface area contributed by atoms with E-state index < -0.39 is 0 Å². The average Bonchev–Trinajstić information content (AvgIpc) is 2.45.